The lowest BCUT2D eigenvalue weighted by Gasteiger charge is -2.08. The molecule has 0 aliphatic rings. The van der Waals surface area contributed by atoms with E-state index in [0.717, 1.165) is 18.6 Å². The molecule has 0 fully saturated rings. The van der Waals surface area contributed by atoms with Crippen molar-refractivity contribution in [3.63, 3.8) is 0 Å². The van der Waals surface area contributed by atoms with Crippen molar-refractivity contribution in [3.05, 3.63) is 29.3 Å². The van der Waals surface area contributed by atoms with Crippen molar-refractivity contribution < 1.29 is 18.4 Å². The fourth-order valence-electron chi connectivity index (χ4n) is 1.43. The van der Waals surface area contributed by atoms with Crippen LogP contribution in [-0.2, 0) is 4.79 Å². The maximum Gasteiger partial charge on any atom is 0.251 e. The molecule has 0 saturated carbocycles. The van der Waals surface area contributed by atoms with Crippen LogP contribution in [-0.4, -0.2) is 24.9 Å². The fourth-order valence-corrected chi connectivity index (χ4v) is 1.43. The smallest absolute Gasteiger partial charge is 0.251 e. The Morgan fingerprint density at radius 2 is 1.80 bits per heavy atom. The highest BCUT2D eigenvalue weighted by Crippen LogP contribution is 2.19. The maximum atomic E-state index is 13.4. The van der Waals surface area contributed by atoms with Crippen LogP contribution < -0.4 is 21.9 Å². The predicted molar refractivity (Wildman–Crippen MR) is 69.8 cm³/mol. The van der Waals surface area contributed by atoms with Crippen LogP contribution in [0.15, 0.2) is 12.1 Å². The van der Waals surface area contributed by atoms with Gasteiger partial charge in [0.05, 0.1) is 6.54 Å². The average molecular weight is 286 g/mol. The first-order valence-electron chi connectivity index (χ1n) is 6.00. The largest absolute Gasteiger partial charge is 0.355 e. The molecule has 0 radical (unpaired) electrons. The number of hydrazine groups is 1. The zero-order valence-corrected chi connectivity index (χ0v) is 10.9. The molecular formula is C12H16F2N4O2. The lowest BCUT2D eigenvalue weighted by molar-refractivity contribution is -0.120. The molecule has 110 valence electrons. The molecule has 8 heteroatoms. The summed E-state index contributed by atoms with van der Waals surface area (Å²) < 4.78 is 26.8. The predicted octanol–water partition coefficient (Wildman–Crippen LogP) is 0.506. The number of anilines is 1. The number of amides is 2. The lowest BCUT2D eigenvalue weighted by atomic mass is 10.1. The number of nitrogen functional groups attached to an aromatic ring is 1. The maximum absolute atomic E-state index is 13.4. The van der Waals surface area contributed by atoms with Gasteiger partial charge in [-0.1, -0.05) is 6.92 Å². The minimum absolute atomic E-state index is 0.234. The molecule has 20 heavy (non-hydrogen) atoms. The first kappa shape index (κ1) is 15.8. The summed E-state index contributed by atoms with van der Waals surface area (Å²) in [5.74, 6) is 1.83. The van der Waals surface area contributed by atoms with E-state index in [-0.39, 0.29) is 18.0 Å². The van der Waals surface area contributed by atoms with E-state index in [1.54, 1.807) is 0 Å². The Morgan fingerprint density at radius 1 is 1.20 bits per heavy atom. The van der Waals surface area contributed by atoms with Gasteiger partial charge in [0.1, 0.15) is 5.69 Å². The molecular weight excluding hydrogens is 270 g/mol. The number of nitrogens with two attached hydrogens (primary N) is 1. The van der Waals surface area contributed by atoms with E-state index >= 15 is 0 Å². The highest BCUT2D eigenvalue weighted by Gasteiger charge is 2.15. The van der Waals surface area contributed by atoms with Gasteiger partial charge in [-0.15, -0.1) is 0 Å². The number of benzene rings is 1. The average Bonchev–Trinajstić information content (AvgIpc) is 2.42. The van der Waals surface area contributed by atoms with E-state index in [1.165, 1.54) is 0 Å². The first-order valence-corrected chi connectivity index (χ1v) is 6.00. The molecule has 0 heterocycles. The summed E-state index contributed by atoms with van der Waals surface area (Å²) in [4.78, 5) is 22.9. The summed E-state index contributed by atoms with van der Waals surface area (Å²) >= 11 is 0. The van der Waals surface area contributed by atoms with Crippen molar-refractivity contribution in [3.8, 4) is 0 Å². The molecule has 0 unspecified atom stereocenters. The third-order valence-electron chi connectivity index (χ3n) is 2.43. The highest BCUT2D eigenvalue weighted by atomic mass is 19.1. The fraction of sp³-hybridized carbons (Fsp3) is 0.333. The molecule has 0 atom stereocenters. The number of hydrogen-bond acceptors (Lipinski definition) is 4. The Bertz CT molecular complexity index is 485. The minimum Gasteiger partial charge on any atom is -0.355 e. The molecule has 0 aromatic heterocycles. The normalized spacial score (nSPS) is 10.0. The van der Waals surface area contributed by atoms with Crippen LogP contribution in [0.25, 0.3) is 0 Å². The van der Waals surface area contributed by atoms with Gasteiger partial charge in [0.25, 0.3) is 5.91 Å². The van der Waals surface area contributed by atoms with Crippen molar-refractivity contribution in [2.75, 3.05) is 18.5 Å². The number of hydrogen-bond donors (Lipinski definition) is 4. The van der Waals surface area contributed by atoms with E-state index in [9.17, 15) is 18.4 Å². The molecule has 5 N–H and O–H groups in total. The van der Waals surface area contributed by atoms with E-state index in [1.807, 2.05) is 12.3 Å². The number of nitrogens with one attached hydrogen (secondary N) is 3. The Balaban J connectivity index is 2.67. The van der Waals surface area contributed by atoms with E-state index in [2.05, 4.69) is 10.6 Å². The minimum atomic E-state index is -0.993. The zero-order valence-electron chi connectivity index (χ0n) is 10.9. The third-order valence-corrected chi connectivity index (χ3v) is 2.43. The second-order valence-electron chi connectivity index (χ2n) is 3.99. The van der Waals surface area contributed by atoms with Crippen molar-refractivity contribution in [1.29, 1.82) is 0 Å². The van der Waals surface area contributed by atoms with Crippen molar-refractivity contribution in [1.82, 2.24) is 10.6 Å². The van der Waals surface area contributed by atoms with Gasteiger partial charge in [-0.05, 0) is 18.6 Å². The van der Waals surface area contributed by atoms with Gasteiger partial charge in [-0.2, -0.15) is 0 Å². The molecule has 6 nitrogen and oxygen atoms in total. The Hall–Kier alpha value is -2.22. The van der Waals surface area contributed by atoms with Gasteiger partial charge in [0, 0.05) is 12.1 Å². The quantitative estimate of drug-likeness (QED) is 0.452. The van der Waals surface area contributed by atoms with Crippen molar-refractivity contribution >= 4 is 17.5 Å². The van der Waals surface area contributed by atoms with E-state index < -0.39 is 23.2 Å². The Labute approximate surface area is 114 Å². The Kier molecular flexibility index (Phi) is 5.85. The molecule has 0 aliphatic heterocycles. The summed E-state index contributed by atoms with van der Waals surface area (Å²) in [6.45, 7) is 2.12. The number of carbonyl (C=O) groups excluding carboxylic acids is 2. The summed E-state index contributed by atoms with van der Waals surface area (Å²) in [7, 11) is 0. The first-order chi connectivity index (χ1) is 9.49. The molecule has 1 rings (SSSR count). The second-order valence-corrected chi connectivity index (χ2v) is 3.99. The highest BCUT2D eigenvalue weighted by molar-refractivity contribution is 5.96. The Morgan fingerprint density at radius 3 is 2.30 bits per heavy atom. The van der Waals surface area contributed by atoms with Gasteiger partial charge in [-0.3, -0.25) is 15.4 Å². The molecule has 0 aliphatic carbocycles. The van der Waals surface area contributed by atoms with Crippen LogP contribution in [0.2, 0.25) is 0 Å². The summed E-state index contributed by atoms with van der Waals surface area (Å²) in [6.07, 6.45) is 0.768. The van der Waals surface area contributed by atoms with Crippen molar-refractivity contribution in [2.45, 2.75) is 13.3 Å². The third kappa shape index (κ3) is 4.16. The molecule has 2 amide bonds. The van der Waals surface area contributed by atoms with Gasteiger partial charge < -0.3 is 16.1 Å². The molecule has 0 saturated heterocycles. The zero-order chi connectivity index (χ0) is 15.1. The van der Waals surface area contributed by atoms with Gasteiger partial charge >= 0.3 is 0 Å². The van der Waals surface area contributed by atoms with Crippen LogP contribution in [0.5, 0.6) is 0 Å². The van der Waals surface area contributed by atoms with Crippen LogP contribution in [0, 0.1) is 11.6 Å². The number of carbonyl (C=O) groups is 2. The molecule has 1 aromatic rings. The topological polar surface area (TPSA) is 96.2 Å². The standard InChI is InChI=1S/C12H16F2N4O2/c1-2-3-16-10(19)6-17-12(20)7-4-8(13)11(18-15)9(14)5-7/h4-5,18H,2-3,6,15H2,1H3,(H,16,19)(H,17,20). The molecule has 1 aromatic carbocycles. The SMILES string of the molecule is CCCNC(=O)CNC(=O)c1cc(F)c(NN)c(F)c1. The van der Waals surface area contributed by atoms with Crippen LogP contribution in [0.1, 0.15) is 23.7 Å². The van der Waals surface area contributed by atoms with Crippen LogP contribution in [0.4, 0.5) is 14.5 Å². The summed E-state index contributed by atoms with van der Waals surface area (Å²) in [5.41, 5.74) is 1.10. The van der Waals surface area contributed by atoms with Crippen molar-refractivity contribution in [2.24, 2.45) is 5.84 Å². The summed E-state index contributed by atoms with van der Waals surface area (Å²) in [5, 5.41) is 4.82. The summed E-state index contributed by atoms with van der Waals surface area (Å²) in [6, 6.07) is 1.66. The van der Waals surface area contributed by atoms with E-state index in [4.69, 9.17) is 5.84 Å². The number of rotatable bonds is 6. The van der Waals surface area contributed by atoms with Crippen LogP contribution in [0.3, 0.4) is 0 Å². The van der Waals surface area contributed by atoms with Gasteiger partial charge in [0.15, 0.2) is 11.6 Å². The van der Waals surface area contributed by atoms with Crippen LogP contribution >= 0.6 is 0 Å². The second kappa shape index (κ2) is 7.39. The van der Waals surface area contributed by atoms with E-state index in [0.29, 0.717) is 6.54 Å². The molecule has 0 spiro atoms. The van der Waals surface area contributed by atoms with Gasteiger partial charge in [-0.25, -0.2) is 8.78 Å². The molecule has 0 bridgehead atoms. The lowest BCUT2D eigenvalue weighted by Crippen LogP contribution is -2.37. The monoisotopic (exact) mass is 286 g/mol. The number of halogens is 2. The van der Waals surface area contributed by atoms with Gasteiger partial charge in [0.2, 0.25) is 5.91 Å².